The summed E-state index contributed by atoms with van der Waals surface area (Å²) >= 11 is -2.04. The molecule has 2 bridgehead atoms. The van der Waals surface area contributed by atoms with Crippen LogP contribution in [0.1, 0.15) is 49.7 Å². The average Bonchev–Trinajstić information content (AvgIpc) is 3.44. The molecular weight excluding hydrogens is 1130 g/mol. The number of carbonyl (C=O) groups excluding carboxylic acids is 8. The number of unbranched alkanes of at least 4 members (excludes halogenated alkanes) is 1. The second kappa shape index (κ2) is 36.9. The van der Waals surface area contributed by atoms with Crippen LogP contribution in [-0.4, -0.2) is 247 Å². The Labute approximate surface area is 475 Å². The van der Waals surface area contributed by atoms with Crippen LogP contribution >= 0.6 is 0 Å². The number of urea groups is 1. The van der Waals surface area contributed by atoms with Crippen LogP contribution in [0.15, 0.2) is 54.6 Å². The molecule has 6 atom stereocenters. The van der Waals surface area contributed by atoms with E-state index < -0.39 is 121 Å². The Balaban J connectivity index is 1.24. The number of hydrogen-bond acceptors (Lipinski definition) is 21. The van der Waals surface area contributed by atoms with Crippen molar-refractivity contribution in [3.8, 4) is 5.75 Å². The molecule has 0 saturated carbocycles. The van der Waals surface area contributed by atoms with E-state index in [1.54, 1.807) is 42.5 Å². The van der Waals surface area contributed by atoms with E-state index in [1.165, 1.54) is 12.1 Å². The van der Waals surface area contributed by atoms with Crippen LogP contribution in [0.25, 0.3) is 0 Å². The smallest absolute Gasteiger partial charge is 0.326 e. The first kappa shape index (κ1) is 66.3. The Morgan fingerprint density at radius 2 is 1.32 bits per heavy atom. The summed E-state index contributed by atoms with van der Waals surface area (Å²) in [5, 5.41) is 49.6. The van der Waals surface area contributed by atoms with E-state index in [1.807, 2.05) is 19.6 Å². The van der Waals surface area contributed by atoms with Crippen molar-refractivity contribution in [3.63, 3.8) is 0 Å². The SMILES string of the molecule is O=CO[C@H](CCCCNC(=O)[C@H](Cc1ccccc1)NC(=O)COc1ccc(C[C@H](CC(=O)CNC(=O)CN2CCN3CCN(CCOO)CCN(CC2)CC(=O)[O][Ga][O]C(=O)C3)C(=O)O)cc1)NC(=O)N[C@@H](CCC(=O)O)C(=O)O. The fourth-order valence-electron chi connectivity index (χ4n) is 8.42. The molecule has 4 rings (SSSR count). The number of amides is 5. The molecule has 2 aliphatic heterocycles. The number of carboxylic acids is 3. The first-order chi connectivity index (χ1) is 38.9. The molecule has 29 nitrogen and oxygen atoms in total. The molecule has 2 aromatic carbocycles. The summed E-state index contributed by atoms with van der Waals surface area (Å²) in [5.74, 6) is -8.05. The number of ether oxygens (including phenoxy) is 2. The number of hydrogen-bond donors (Lipinski definition) is 9. The number of rotatable bonds is 32. The van der Waals surface area contributed by atoms with E-state index in [4.69, 9.17) is 26.9 Å². The van der Waals surface area contributed by atoms with Crippen molar-refractivity contribution < 1.29 is 94.7 Å². The molecule has 2 unspecified atom stereocenters. The molecule has 2 aromatic rings. The average molecular weight is 1200 g/mol. The third kappa shape index (κ3) is 27.7. The molecule has 2 saturated heterocycles. The van der Waals surface area contributed by atoms with Gasteiger partial charge in [-0.15, -0.1) is 0 Å². The zero-order valence-electron chi connectivity index (χ0n) is 44.7. The Kier molecular flexibility index (Phi) is 30.2. The number of Topliss-reactive ketones (excluding diaryl/α,β-unsaturated/α-hetero) is 1. The predicted octanol–water partition coefficient (Wildman–Crippen LogP) is -2.14. The fraction of sp³-hybridized carbons (Fsp3) is 0.549. The quantitative estimate of drug-likeness (QED) is 0.00718. The number of fused-ring (bicyclic) bond motifs is 6. The van der Waals surface area contributed by atoms with Crippen LogP contribution < -0.4 is 31.3 Å². The summed E-state index contributed by atoms with van der Waals surface area (Å²) in [5.41, 5.74) is 1.29. The maximum Gasteiger partial charge on any atom is 0.326 e. The van der Waals surface area contributed by atoms with Crippen LogP contribution in [-0.2, 0) is 77.5 Å². The van der Waals surface area contributed by atoms with Crippen molar-refractivity contribution >= 4 is 84.0 Å². The zero-order chi connectivity index (χ0) is 58.9. The van der Waals surface area contributed by atoms with Crippen molar-refractivity contribution in [3.05, 3.63) is 65.7 Å². The van der Waals surface area contributed by atoms with E-state index in [0.29, 0.717) is 77.3 Å². The molecule has 2 heterocycles. The zero-order valence-corrected chi connectivity index (χ0v) is 47.2. The summed E-state index contributed by atoms with van der Waals surface area (Å²) in [6.45, 7) is 2.89. The number of aliphatic carboxylic acids is 3. The second-order valence-electron chi connectivity index (χ2n) is 19.0. The van der Waals surface area contributed by atoms with Gasteiger partial charge in [0.2, 0.25) is 5.91 Å². The largest absolute Gasteiger partial charge is 0.481 e. The second-order valence-corrected chi connectivity index (χ2v) is 20.4. The van der Waals surface area contributed by atoms with Crippen molar-refractivity contribution in [1.82, 2.24) is 46.2 Å². The van der Waals surface area contributed by atoms with E-state index in [2.05, 4.69) is 31.5 Å². The van der Waals surface area contributed by atoms with E-state index >= 15 is 0 Å². The molecule has 443 valence electrons. The van der Waals surface area contributed by atoms with Gasteiger partial charge in [0.25, 0.3) is 12.4 Å². The first-order valence-electron chi connectivity index (χ1n) is 26.2. The van der Waals surface area contributed by atoms with E-state index in [0.717, 1.165) is 5.56 Å². The van der Waals surface area contributed by atoms with Gasteiger partial charge in [-0.25, -0.2) is 9.59 Å². The minimum absolute atomic E-state index is 0.0446. The summed E-state index contributed by atoms with van der Waals surface area (Å²) in [6.07, 6.45) is -1.66. The number of carboxylic acid groups (broad SMARTS) is 3. The van der Waals surface area contributed by atoms with E-state index in [-0.39, 0.29) is 77.1 Å². The Morgan fingerprint density at radius 1 is 0.691 bits per heavy atom. The number of nitrogens with zero attached hydrogens (tertiary/aromatic N) is 4. The third-order valence-electron chi connectivity index (χ3n) is 12.8. The van der Waals surface area contributed by atoms with Crippen molar-refractivity contribution in [2.45, 2.75) is 69.7 Å². The van der Waals surface area contributed by atoms with Gasteiger partial charge < -0.3 is 46.1 Å². The van der Waals surface area contributed by atoms with Gasteiger partial charge in [-0.1, -0.05) is 42.5 Å². The normalized spacial score (nSPS) is 17.8. The summed E-state index contributed by atoms with van der Waals surface area (Å²) < 4.78 is 21.1. The molecule has 30 heteroatoms. The summed E-state index contributed by atoms with van der Waals surface area (Å²) in [6, 6.07) is 11.6. The van der Waals surface area contributed by atoms with Crippen molar-refractivity contribution in [1.29, 1.82) is 0 Å². The van der Waals surface area contributed by atoms with Crippen LogP contribution in [0.5, 0.6) is 5.75 Å². The Bertz CT molecular complexity index is 2360. The standard InChI is InChI=1S/C51H73N9O20.Ga/c61-34-79-44(56-51(76)55-40(50(74)75)13-14-45(65)66)8-4-5-15-52-48(71)41(27-35-6-2-1-3-7-35)54-43(64)33-78-39-11-9-36(10-12-39)26-37(49(72)73)28-38(62)29-53-42(63)30-58-20-22-59(31-46(67)68)18-16-57(24-25-80-77)17-19-60(23-21-58)32-47(69)70;/h1-3,6-7,9-12,34,37,40-41,44,77H,4-5,8,13-33H2,(H,52,71)(H,53,63)(H,54,64)(H,65,66)(H,67,68)(H,69,70)(H,72,73)(H,74,75)(H2,55,56,76);/q;+2/p-2/t37-,40+,41+,44-;/m1./s1. The van der Waals surface area contributed by atoms with Gasteiger partial charge in [0.1, 0.15) is 17.8 Å². The molecule has 81 heavy (non-hydrogen) atoms. The maximum absolute atomic E-state index is 13.4. The van der Waals surface area contributed by atoms with Gasteiger partial charge >= 0.3 is 214 Å². The molecule has 9 N–H and O–H groups in total. The molecular formula is C51H71GaN9O20. The summed E-state index contributed by atoms with van der Waals surface area (Å²) in [4.78, 5) is 148. The molecule has 0 aromatic heterocycles. The van der Waals surface area contributed by atoms with Gasteiger partial charge in [-0.2, -0.15) is 0 Å². The molecule has 0 spiro atoms. The molecule has 2 fully saturated rings. The maximum atomic E-state index is 13.4. The van der Waals surface area contributed by atoms with Crippen LogP contribution in [0.3, 0.4) is 0 Å². The first-order valence-corrected chi connectivity index (χ1v) is 28.2. The van der Waals surface area contributed by atoms with Crippen LogP contribution in [0.4, 0.5) is 4.79 Å². The number of carbonyl (C=O) groups is 11. The minimum atomic E-state index is -2.04. The summed E-state index contributed by atoms with van der Waals surface area (Å²) in [7, 11) is 0. The molecule has 2 aliphatic rings. The third-order valence-corrected chi connectivity index (χ3v) is 14.3. The van der Waals surface area contributed by atoms with E-state index in [9.17, 15) is 63.0 Å². The van der Waals surface area contributed by atoms with Gasteiger partial charge in [-0.05, 0) is 48.9 Å². The topological polar surface area (TPSA) is 388 Å². The van der Waals surface area contributed by atoms with Gasteiger partial charge in [0, 0.05) is 32.2 Å². The predicted molar refractivity (Wildman–Crippen MR) is 282 cm³/mol. The number of nitrogens with one attached hydrogen (secondary N) is 5. The van der Waals surface area contributed by atoms with Gasteiger partial charge in [-0.3, -0.25) is 28.8 Å². The molecule has 0 aliphatic carbocycles. The van der Waals surface area contributed by atoms with Crippen LogP contribution in [0.2, 0.25) is 0 Å². The monoisotopic (exact) mass is 1200 g/mol. The Morgan fingerprint density at radius 3 is 1.91 bits per heavy atom. The fourth-order valence-corrected chi connectivity index (χ4v) is 9.28. The van der Waals surface area contributed by atoms with Gasteiger partial charge in [0.05, 0.1) is 5.92 Å². The van der Waals surface area contributed by atoms with Gasteiger partial charge in [0.15, 0.2) is 12.8 Å². The minimum Gasteiger partial charge on any atom is -0.481 e. The number of ketones is 1. The van der Waals surface area contributed by atoms with Crippen molar-refractivity contribution in [2.24, 2.45) is 5.92 Å². The molecule has 5 amide bonds. The Hall–Kier alpha value is -7.19. The molecule has 1 radical (unpaired) electrons. The number of benzene rings is 2. The van der Waals surface area contributed by atoms with Crippen molar-refractivity contribution in [2.75, 3.05) is 105 Å². The van der Waals surface area contributed by atoms with Crippen LogP contribution in [0, 0.1) is 5.92 Å².